The smallest absolute Gasteiger partial charge is 0.257 e. The molecule has 0 aromatic carbocycles. The summed E-state index contributed by atoms with van der Waals surface area (Å²) in [6, 6.07) is 1.77. The van der Waals surface area contributed by atoms with Gasteiger partial charge < -0.3 is 5.32 Å². The van der Waals surface area contributed by atoms with Crippen molar-refractivity contribution in [2.24, 2.45) is 0 Å². The molecule has 1 N–H and O–H groups in total. The monoisotopic (exact) mass is 217 g/mol. The molecule has 0 amide bonds. The van der Waals surface area contributed by atoms with Crippen LogP contribution in [0.5, 0.6) is 0 Å². The molecule has 0 saturated carbocycles. The molecule has 0 unspecified atom stereocenters. The van der Waals surface area contributed by atoms with E-state index in [9.17, 15) is 8.78 Å². The number of hydrogen-bond donors (Lipinski definition) is 1. The van der Waals surface area contributed by atoms with Gasteiger partial charge in [-0.05, 0) is 19.0 Å². The van der Waals surface area contributed by atoms with E-state index in [1.54, 1.807) is 12.3 Å². The molecule has 5 heteroatoms. The second kappa shape index (κ2) is 6.50. The summed E-state index contributed by atoms with van der Waals surface area (Å²) in [6.07, 6.45) is 1.51. The van der Waals surface area contributed by atoms with Gasteiger partial charge in [-0.3, -0.25) is 4.68 Å². The molecule has 0 radical (unpaired) electrons. The van der Waals surface area contributed by atoms with E-state index in [0.29, 0.717) is 6.54 Å². The van der Waals surface area contributed by atoms with Gasteiger partial charge in [0.25, 0.3) is 6.43 Å². The first-order chi connectivity index (χ1) is 7.22. The van der Waals surface area contributed by atoms with E-state index >= 15 is 0 Å². The second-order valence-electron chi connectivity index (χ2n) is 3.45. The number of halogens is 2. The van der Waals surface area contributed by atoms with Crippen LogP contribution in [0, 0.1) is 0 Å². The Bertz CT molecular complexity index is 273. The molecule has 1 rings (SSSR count). The quantitative estimate of drug-likeness (QED) is 0.708. The van der Waals surface area contributed by atoms with E-state index in [0.717, 1.165) is 25.1 Å². The van der Waals surface area contributed by atoms with Gasteiger partial charge in [-0.25, -0.2) is 8.78 Å². The lowest BCUT2D eigenvalue weighted by molar-refractivity contribution is 0.121. The van der Waals surface area contributed by atoms with Crippen LogP contribution in [-0.4, -0.2) is 22.8 Å². The first kappa shape index (κ1) is 12.1. The van der Waals surface area contributed by atoms with E-state index in [1.165, 1.54) is 4.68 Å². The summed E-state index contributed by atoms with van der Waals surface area (Å²) in [7, 11) is 0. The molecular weight excluding hydrogens is 200 g/mol. The van der Waals surface area contributed by atoms with Gasteiger partial charge in [0.15, 0.2) is 0 Å². The van der Waals surface area contributed by atoms with Gasteiger partial charge in [0.05, 0.1) is 5.69 Å². The van der Waals surface area contributed by atoms with E-state index in [-0.39, 0.29) is 6.54 Å². The summed E-state index contributed by atoms with van der Waals surface area (Å²) in [5.41, 5.74) is 0.812. The largest absolute Gasteiger partial charge is 0.311 e. The van der Waals surface area contributed by atoms with Crippen LogP contribution in [0.25, 0.3) is 0 Å². The van der Waals surface area contributed by atoms with Crippen LogP contribution in [0.2, 0.25) is 0 Å². The number of alkyl halides is 2. The molecular formula is C10H17F2N3. The van der Waals surface area contributed by atoms with Crippen molar-refractivity contribution in [1.29, 1.82) is 0 Å². The maximum atomic E-state index is 12.0. The van der Waals surface area contributed by atoms with Gasteiger partial charge in [0.1, 0.15) is 6.54 Å². The third kappa shape index (κ3) is 4.88. The minimum absolute atomic E-state index is 0.324. The molecule has 0 saturated heterocycles. The molecule has 0 aliphatic rings. The van der Waals surface area contributed by atoms with Crippen molar-refractivity contribution >= 4 is 0 Å². The minimum Gasteiger partial charge on any atom is -0.311 e. The second-order valence-corrected chi connectivity index (χ2v) is 3.45. The van der Waals surface area contributed by atoms with Crippen LogP contribution in [0.15, 0.2) is 12.3 Å². The lowest BCUT2D eigenvalue weighted by atomic mass is 10.3. The van der Waals surface area contributed by atoms with Crippen molar-refractivity contribution < 1.29 is 8.78 Å². The Hall–Kier alpha value is -0.970. The number of unbranched alkanes of at least 4 members (excludes halogenated alkanes) is 1. The topological polar surface area (TPSA) is 29.9 Å². The lowest BCUT2D eigenvalue weighted by Gasteiger charge is -2.01. The molecule has 0 aliphatic heterocycles. The Morgan fingerprint density at radius 2 is 2.33 bits per heavy atom. The highest BCUT2D eigenvalue weighted by Gasteiger charge is 2.05. The fourth-order valence-corrected chi connectivity index (χ4v) is 1.26. The lowest BCUT2D eigenvalue weighted by Crippen LogP contribution is -2.15. The van der Waals surface area contributed by atoms with Crippen LogP contribution in [-0.2, 0) is 13.1 Å². The van der Waals surface area contributed by atoms with Crippen molar-refractivity contribution in [2.75, 3.05) is 6.54 Å². The summed E-state index contributed by atoms with van der Waals surface area (Å²) in [5, 5.41) is 7.23. The van der Waals surface area contributed by atoms with Crippen molar-refractivity contribution in [2.45, 2.75) is 39.3 Å². The first-order valence-electron chi connectivity index (χ1n) is 5.23. The Labute approximate surface area is 88.5 Å². The Morgan fingerprint density at radius 1 is 1.53 bits per heavy atom. The van der Waals surface area contributed by atoms with Gasteiger partial charge >= 0.3 is 0 Å². The molecule has 0 spiro atoms. The van der Waals surface area contributed by atoms with E-state index < -0.39 is 6.43 Å². The molecule has 1 aromatic rings. The van der Waals surface area contributed by atoms with Crippen molar-refractivity contribution in [3.63, 3.8) is 0 Å². The number of hydrogen-bond acceptors (Lipinski definition) is 2. The molecule has 0 aliphatic carbocycles. The molecule has 86 valence electrons. The summed E-state index contributed by atoms with van der Waals surface area (Å²) >= 11 is 0. The maximum Gasteiger partial charge on any atom is 0.257 e. The van der Waals surface area contributed by atoms with Gasteiger partial charge in [0.2, 0.25) is 0 Å². The minimum atomic E-state index is -2.34. The summed E-state index contributed by atoms with van der Waals surface area (Å²) < 4.78 is 25.3. The molecule has 0 atom stereocenters. The van der Waals surface area contributed by atoms with Gasteiger partial charge in [0, 0.05) is 12.7 Å². The maximum absolute atomic E-state index is 12.0. The zero-order valence-corrected chi connectivity index (χ0v) is 8.92. The number of rotatable bonds is 7. The van der Waals surface area contributed by atoms with E-state index in [1.807, 2.05) is 0 Å². The van der Waals surface area contributed by atoms with E-state index in [4.69, 9.17) is 0 Å². The SMILES string of the molecule is CCCCNCc1ccn(CC(F)F)n1. The molecule has 3 nitrogen and oxygen atoms in total. The van der Waals surface area contributed by atoms with Crippen LogP contribution in [0.1, 0.15) is 25.5 Å². The van der Waals surface area contributed by atoms with Gasteiger partial charge in [-0.2, -0.15) is 5.10 Å². The van der Waals surface area contributed by atoms with Crippen LogP contribution >= 0.6 is 0 Å². The Kier molecular flexibility index (Phi) is 5.25. The molecule has 1 aromatic heterocycles. The third-order valence-corrected chi connectivity index (χ3v) is 2.03. The molecule has 1 heterocycles. The standard InChI is InChI=1S/C10H17F2N3/c1-2-3-5-13-7-9-4-6-15(14-9)8-10(11)12/h4,6,10,13H,2-3,5,7-8H2,1H3. The average Bonchev–Trinajstić information content (AvgIpc) is 2.59. The number of nitrogens with zero attached hydrogens (tertiary/aromatic N) is 2. The van der Waals surface area contributed by atoms with Crippen LogP contribution in [0.4, 0.5) is 8.78 Å². The fourth-order valence-electron chi connectivity index (χ4n) is 1.26. The summed E-state index contributed by atoms with van der Waals surface area (Å²) in [5.74, 6) is 0. The molecule has 0 fully saturated rings. The van der Waals surface area contributed by atoms with Crippen molar-refractivity contribution in [3.05, 3.63) is 18.0 Å². The van der Waals surface area contributed by atoms with Crippen molar-refractivity contribution in [3.8, 4) is 0 Å². The normalized spacial score (nSPS) is 11.2. The fraction of sp³-hybridized carbons (Fsp3) is 0.700. The van der Waals surface area contributed by atoms with Gasteiger partial charge in [-0.15, -0.1) is 0 Å². The Balaban J connectivity index is 2.26. The van der Waals surface area contributed by atoms with E-state index in [2.05, 4.69) is 17.3 Å². The zero-order chi connectivity index (χ0) is 11.1. The highest BCUT2D eigenvalue weighted by Crippen LogP contribution is 2.00. The van der Waals surface area contributed by atoms with Crippen molar-refractivity contribution in [1.82, 2.24) is 15.1 Å². The highest BCUT2D eigenvalue weighted by molar-refractivity contribution is 4.98. The number of nitrogens with one attached hydrogen (secondary N) is 1. The highest BCUT2D eigenvalue weighted by atomic mass is 19.3. The van der Waals surface area contributed by atoms with Crippen LogP contribution in [0.3, 0.4) is 0 Å². The predicted octanol–water partition coefficient (Wildman–Crippen LogP) is 2.04. The third-order valence-electron chi connectivity index (χ3n) is 2.03. The predicted molar refractivity (Wildman–Crippen MR) is 54.8 cm³/mol. The molecule has 15 heavy (non-hydrogen) atoms. The summed E-state index contributed by atoms with van der Waals surface area (Å²) in [6.45, 7) is 3.39. The Morgan fingerprint density at radius 3 is 3.00 bits per heavy atom. The number of aromatic nitrogens is 2. The average molecular weight is 217 g/mol. The molecule has 0 bridgehead atoms. The van der Waals surface area contributed by atoms with Crippen LogP contribution < -0.4 is 5.32 Å². The van der Waals surface area contributed by atoms with Gasteiger partial charge in [-0.1, -0.05) is 13.3 Å². The summed E-state index contributed by atoms with van der Waals surface area (Å²) in [4.78, 5) is 0. The first-order valence-corrected chi connectivity index (χ1v) is 5.23. The zero-order valence-electron chi connectivity index (χ0n) is 8.92.